The largest absolute Gasteiger partial charge is 0.497 e. The zero-order valence-electron chi connectivity index (χ0n) is 12.7. The van der Waals surface area contributed by atoms with E-state index in [4.69, 9.17) is 25.8 Å². The summed E-state index contributed by atoms with van der Waals surface area (Å²) in [5.41, 5.74) is -0.611. The van der Waals surface area contributed by atoms with E-state index in [1.165, 1.54) is 25.3 Å². The van der Waals surface area contributed by atoms with Gasteiger partial charge >= 0.3 is 0 Å². The highest BCUT2D eigenvalue weighted by atomic mass is 35.5. The van der Waals surface area contributed by atoms with Gasteiger partial charge in [-0.1, -0.05) is 11.6 Å². The van der Waals surface area contributed by atoms with Crippen LogP contribution in [0.2, 0.25) is 5.02 Å². The predicted molar refractivity (Wildman–Crippen MR) is 88.0 cm³/mol. The molecule has 0 bridgehead atoms. The van der Waals surface area contributed by atoms with E-state index in [9.17, 15) is 18.5 Å². The van der Waals surface area contributed by atoms with Crippen molar-refractivity contribution < 1.29 is 27.6 Å². The van der Waals surface area contributed by atoms with Gasteiger partial charge in [0.05, 0.1) is 28.8 Å². The summed E-state index contributed by atoms with van der Waals surface area (Å²) in [7, 11) is -2.96. The van der Waals surface area contributed by atoms with Crippen LogP contribution >= 0.6 is 11.6 Å². The number of ether oxygens (including phenoxy) is 3. The van der Waals surface area contributed by atoms with Gasteiger partial charge in [-0.3, -0.25) is 14.8 Å². The molecule has 11 heteroatoms. The lowest BCUT2D eigenvalue weighted by molar-refractivity contribution is -0.387. The SMILES string of the molecule is COc1ccc(S(=O)(=O)Nc2cc3c(cc2Cl)OCO3)c([N+](=O)[O-])c1. The van der Waals surface area contributed by atoms with Crippen LogP contribution in [0.25, 0.3) is 0 Å². The summed E-state index contributed by atoms with van der Waals surface area (Å²) in [6, 6.07) is 6.15. The van der Waals surface area contributed by atoms with Crippen molar-refractivity contribution >= 4 is 33.0 Å². The third-order valence-electron chi connectivity index (χ3n) is 3.36. The molecule has 0 fully saturated rings. The Morgan fingerprint density at radius 2 is 1.92 bits per heavy atom. The smallest absolute Gasteiger partial charge is 0.293 e. The molecule has 0 aliphatic carbocycles. The Labute approximate surface area is 147 Å². The lowest BCUT2D eigenvalue weighted by atomic mass is 10.3. The zero-order chi connectivity index (χ0) is 18.2. The minimum absolute atomic E-state index is 0.00812. The molecule has 0 saturated heterocycles. The summed E-state index contributed by atoms with van der Waals surface area (Å²) in [4.78, 5) is 9.88. The Kier molecular flexibility index (Phi) is 4.31. The first-order valence-corrected chi connectivity index (χ1v) is 8.62. The van der Waals surface area contributed by atoms with Gasteiger partial charge in [0.1, 0.15) is 5.75 Å². The normalized spacial score (nSPS) is 12.7. The van der Waals surface area contributed by atoms with Gasteiger partial charge in [0.25, 0.3) is 15.7 Å². The second kappa shape index (κ2) is 6.30. The number of hydrogen-bond donors (Lipinski definition) is 1. The molecule has 0 unspecified atom stereocenters. The monoisotopic (exact) mass is 386 g/mol. The van der Waals surface area contributed by atoms with E-state index in [0.717, 1.165) is 12.1 Å². The van der Waals surface area contributed by atoms with Crippen LogP contribution in [-0.2, 0) is 10.0 Å². The number of sulfonamides is 1. The van der Waals surface area contributed by atoms with Gasteiger partial charge in [0.15, 0.2) is 16.4 Å². The van der Waals surface area contributed by atoms with E-state index in [0.29, 0.717) is 11.5 Å². The van der Waals surface area contributed by atoms with Crippen molar-refractivity contribution in [1.29, 1.82) is 0 Å². The van der Waals surface area contributed by atoms with Crippen LogP contribution < -0.4 is 18.9 Å². The summed E-state index contributed by atoms with van der Waals surface area (Å²) >= 11 is 6.04. The highest BCUT2D eigenvalue weighted by Gasteiger charge is 2.28. The fraction of sp³-hybridized carbons (Fsp3) is 0.143. The average Bonchev–Trinajstić information content (AvgIpc) is 3.01. The van der Waals surface area contributed by atoms with Crippen molar-refractivity contribution in [2.24, 2.45) is 0 Å². The Morgan fingerprint density at radius 3 is 2.56 bits per heavy atom. The van der Waals surface area contributed by atoms with Gasteiger partial charge in [-0.2, -0.15) is 0 Å². The fourth-order valence-corrected chi connectivity index (χ4v) is 3.67. The Morgan fingerprint density at radius 1 is 1.24 bits per heavy atom. The molecule has 25 heavy (non-hydrogen) atoms. The number of benzene rings is 2. The van der Waals surface area contributed by atoms with E-state index in [1.807, 2.05) is 0 Å². The Hall–Kier alpha value is -2.72. The second-order valence-corrected chi connectivity index (χ2v) is 6.94. The van der Waals surface area contributed by atoms with Crippen molar-refractivity contribution in [3.63, 3.8) is 0 Å². The summed E-state index contributed by atoms with van der Waals surface area (Å²) in [6.07, 6.45) is 0. The molecule has 1 N–H and O–H groups in total. The number of anilines is 1. The van der Waals surface area contributed by atoms with E-state index >= 15 is 0 Å². The maximum absolute atomic E-state index is 12.6. The number of nitrogens with zero attached hydrogens (tertiary/aromatic N) is 1. The second-order valence-electron chi connectivity index (χ2n) is 4.88. The topological polar surface area (TPSA) is 117 Å². The quantitative estimate of drug-likeness (QED) is 0.620. The van der Waals surface area contributed by atoms with Gasteiger partial charge in [-0.15, -0.1) is 0 Å². The predicted octanol–water partition coefficient (Wildman–Crippen LogP) is 2.79. The number of rotatable bonds is 5. The number of hydrogen-bond acceptors (Lipinski definition) is 7. The molecule has 2 aromatic carbocycles. The standard InChI is InChI=1S/C14H11ClN2O7S/c1-22-8-2-3-14(11(4-8)17(18)19)25(20,21)16-10-6-13-12(5-9(10)15)23-7-24-13/h2-6,16H,7H2,1H3. The first-order chi connectivity index (χ1) is 11.8. The highest BCUT2D eigenvalue weighted by molar-refractivity contribution is 7.92. The van der Waals surface area contributed by atoms with Crippen molar-refractivity contribution in [3.05, 3.63) is 45.5 Å². The van der Waals surface area contributed by atoms with E-state index in [2.05, 4.69) is 4.72 Å². The molecule has 1 heterocycles. The number of fused-ring (bicyclic) bond motifs is 1. The molecule has 0 amide bonds. The molecule has 1 aliphatic heterocycles. The third-order valence-corrected chi connectivity index (χ3v) is 5.08. The first-order valence-electron chi connectivity index (χ1n) is 6.76. The number of nitro benzene ring substituents is 1. The van der Waals surface area contributed by atoms with Gasteiger partial charge in [-0.05, 0) is 12.1 Å². The van der Waals surface area contributed by atoms with Gasteiger partial charge in [0, 0.05) is 12.1 Å². The molecule has 0 saturated carbocycles. The van der Waals surface area contributed by atoms with Crippen LogP contribution in [-0.4, -0.2) is 27.2 Å². The molecule has 3 rings (SSSR count). The molecule has 9 nitrogen and oxygen atoms in total. The van der Waals surface area contributed by atoms with Crippen LogP contribution in [0.15, 0.2) is 35.2 Å². The lowest BCUT2D eigenvalue weighted by Gasteiger charge is -2.11. The summed E-state index contributed by atoms with van der Waals surface area (Å²) < 4.78 is 42.6. The van der Waals surface area contributed by atoms with E-state index in [1.54, 1.807) is 0 Å². The third kappa shape index (κ3) is 3.26. The van der Waals surface area contributed by atoms with Crippen LogP contribution in [0.3, 0.4) is 0 Å². The van der Waals surface area contributed by atoms with Crippen LogP contribution in [0.1, 0.15) is 0 Å². The lowest BCUT2D eigenvalue weighted by Crippen LogP contribution is -2.15. The van der Waals surface area contributed by atoms with Crippen molar-refractivity contribution in [2.45, 2.75) is 4.90 Å². The summed E-state index contributed by atoms with van der Waals surface area (Å²) in [5, 5.41) is 11.3. The molecule has 0 aromatic heterocycles. The summed E-state index contributed by atoms with van der Waals surface area (Å²) in [6.45, 7) is -0.00812. The van der Waals surface area contributed by atoms with Crippen LogP contribution in [0.5, 0.6) is 17.2 Å². The Balaban J connectivity index is 2.02. The first kappa shape index (κ1) is 17.1. The molecule has 0 spiro atoms. The van der Waals surface area contributed by atoms with E-state index in [-0.39, 0.29) is 23.3 Å². The fourth-order valence-electron chi connectivity index (χ4n) is 2.19. The molecule has 0 radical (unpaired) electrons. The molecular formula is C14H11ClN2O7S. The molecule has 0 atom stereocenters. The van der Waals surface area contributed by atoms with Crippen LogP contribution in [0, 0.1) is 10.1 Å². The van der Waals surface area contributed by atoms with Crippen molar-refractivity contribution in [1.82, 2.24) is 0 Å². The number of methoxy groups -OCH3 is 1. The zero-order valence-corrected chi connectivity index (χ0v) is 14.3. The van der Waals surface area contributed by atoms with Crippen molar-refractivity contribution in [2.75, 3.05) is 18.6 Å². The van der Waals surface area contributed by atoms with E-state index < -0.39 is 25.5 Å². The van der Waals surface area contributed by atoms with Gasteiger partial charge in [-0.25, -0.2) is 8.42 Å². The summed E-state index contributed by atoms with van der Waals surface area (Å²) in [5.74, 6) is 0.849. The highest BCUT2D eigenvalue weighted by Crippen LogP contribution is 2.40. The molecule has 132 valence electrons. The van der Waals surface area contributed by atoms with Gasteiger partial charge in [0.2, 0.25) is 6.79 Å². The number of nitro groups is 1. The van der Waals surface area contributed by atoms with Crippen LogP contribution in [0.4, 0.5) is 11.4 Å². The minimum atomic E-state index is -4.28. The maximum Gasteiger partial charge on any atom is 0.293 e. The number of halogens is 1. The molecule has 1 aliphatic rings. The van der Waals surface area contributed by atoms with Crippen molar-refractivity contribution in [3.8, 4) is 17.2 Å². The Bertz CT molecular complexity index is 962. The minimum Gasteiger partial charge on any atom is -0.497 e. The molecule has 2 aromatic rings. The maximum atomic E-state index is 12.6. The van der Waals surface area contributed by atoms with Gasteiger partial charge < -0.3 is 14.2 Å². The molecular weight excluding hydrogens is 376 g/mol. The average molecular weight is 387 g/mol. The number of nitrogens with one attached hydrogen (secondary N) is 1.